The zero-order valence-electron chi connectivity index (χ0n) is 10.4. The molecule has 0 aromatic heterocycles. The van der Waals surface area contributed by atoms with Crippen molar-refractivity contribution in [1.82, 2.24) is 4.90 Å². The maximum atomic E-state index is 11.3. The molecule has 0 bridgehead atoms. The average Bonchev–Trinajstić information content (AvgIpc) is 2.28. The summed E-state index contributed by atoms with van der Waals surface area (Å²) in [6.07, 6.45) is 1.06. The van der Waals surface area contributed by atoms with E-state index in [1.54, 1.807) is 0 Å². The molecule has 0 aliphatic carbocycles. The molecular weight excluding hydrogens is 234 g/mol. The maximum absolute atomic E-state index is 11.3. The average molecular weight is 252 g/mol. The quantitative estimate of drug-likeness (QED) is 0.770. The van der Waals surface area contributed by atoms with E-state index >= 15 is 0 Å². The van der Waals surface area contributed by atoms with Gasteiger partial charge in [0.2, 0.25) is 5.24 Å². The van der Waals surface area contributed by atoms with Gasteiger partial charge >= 0.3 is 0 Å². The SMILES string of the molecule is CC(C)(CN1CCc2ccccc2C1)C(=O)Cl. The summed E-state index contributed by atoms with van der Waals surface area (Å²) in [5.74, 6) is 0. The molecule has 0 amide bonds. The molecule has 1 heterocycles. The van der Waals surface area contributed by atoms with E-state index in [4.69, 9.17) is 11.6 Å². The second-order valence-electron chi connectivity index (χ2n) is 5.39. The molecule has 3 heteroatoms. The van der Waals surface area contributed by atoms with Crippen LogP contribution in [0, 0.1) is 5.41 Å². The van der Waals surface area contributed by atoms with Crippen molar-refractivity contribution in [2.45, 2.75) is 26.8 Å². The largest absolute Gasteiger partial charge is 0.298 e. The van der Waals surface area contributed by atoms with Crippen LogP contribution in [0.5, 0.6) is 0 Å². The number of carbonyl (C=O) groups is 1. The van der Waals surface area contributed by atoms with Gasteiger partial charge in [0, 0.05) is 19.6 Å². The van der Waals surface area contributed by atoms with Gasteiger partial charge in [-0.05, 0) is 29.1 Å². The number of fused-ring (bicyclic) bond motifs is 1. The molecule has 0 spiro atoms. The first kappa shape index (κ1) is 12.6. The molecule has 0 N–H and O–H groups in total. The van der Waals surface area contributed by atoms with Crippen molar-refractivity contribution in [3.63, 3.8) is 0 Å². The predicted octanol–water partition coefficient (Wildman–Crippen LogP) is 2.84. The molecule has 0 atom stereocenters. The van der Waals surface area contributed by atoms with E-state index in [9.17, 15) is 4.79 Å². The van der Waals surface area contributed by atoms with Crippen LogP contribution in [-0.2, 0) is 17.8 Å². The summed E-state index contributed by atoms with van der Waals surface area (Å²) in [5, 5.41) is -0.253. The van der Waals surface area contributed by atoms with E-state index in [0.29, 0.717) is 0 Å². The number of halogens is 1. The van der Waals surface area contributed by atoms with Crippen LogP contribution in [0.3, 0.4) is 0 Å². The van der Waals surface area contributed by atoms with Crippen LogP contribution >= 0.6 is 11.6 Å². The molecule has 2 rings (SSSR count). The third-order valence-corrected chi connectivity index (χ3v) is 3.87. The molecule has 0 fully saturated rings. The number of benzene rings is 1. The van der Waals surface area contributed by atoms with E-state index in [1.807, 2.05) is 13.8 Å². The fraction of sp³-hybridized carbons (Fsp3) is 0.500. The highest BCUT2D eigenvalue weighted by Gasteiger charge is 2.29. The molecule has 17 heavy (non-hydrogen) atoms. The van der Waals surface area contributed by atoms with E-state index in [0.717, 1.165) is 26.1 Å². The first-order valence-corrected chi connectivity index (χ1v) is 6.36. The van der Waals surface area contributed by atoms with Gasteiger partial charge in [0.25, 0.3) is 0 Å². The van der Waals surface area contributed by atoms with E-state index in [1.165, 1.54) is 11.1 Å². The zero-order valence-corrected chi connectivity index (χ0v) is 11.1. The number of hydrogen-bond acceptors (Lipinski definition) is 2. The van der Waals surface area contributed by atoms with Crippen LogP contribution in [0.2, 0.25) is 0 Å². The summed E-state index contributed by atoms with van der Waals surface area (Å²) in [6.45, 7) is 6.46. The third-order valence-electron chi connectivity index (χ3n) is 3.36. The second-order valence-corrected chi connectivity index (χ2v) is 5.73. The Kier molecular flexibility index (Phi) is 3.55. The normalized spacial score (nSPS) is 16.6. The molecule has 0 radical (unpaired) electrons. The van der Waals surface area contributed by atoms with Crippen molar-refractivity contribution < 1.29 is 4.79 Å². The van der Waals surface area contributed by atoms with Gasteiger partial charge in [-0.3, -0.25) is 9.69 Å². The van der Waals surface area contributed by atoms with Crippen LogP contribution in [0.4, 0.5) is 0 Å². The lowest BCUT2D eigenvalue weighted by Crippen LogP contribution is -2.40. The highest BCUT2D eigenvalue weighted by atomic mass is 35.5. The highest BCUT2D eigenvalue weighted by molar-refractivity contribution is 6.64. The molecule has 0 saturated carbocycles. The van der Waals surface area contributed by atoms with Gasteiger partial charge in [-0.15, -0.1) is 0 Å². The number of rotatable bonds is 3. The van der Waals surface area contributed by atoms with Gasteiger partial charge < -0.3 is 0 Å². The molecule has 92 valence electrons. The second kappa shape index (κ2) is 4.79. The molecule has 1 aliphatic rings. The Balaban J connectivity index is 2.06. The molecule has 1 aliphatic heterocycles. The fourth-order valence-corrected chi connectivity index (χ4v) is 2.37. The standard InChI is InChI=1S/C14H18ClNO/c1-14(2,13(15)17)10-16-8-7-11-5-3-4-6-12(11)9-16/h3-6H,7-10H2,1-2H3. The van der Waals surface area contributed by atoms with Gasteiger partial charge in [0.1, 0.15) is 0 Å². The number of hydrogen-bond donors (Lipinski definition) is 0. The zero-order chi connectivity index (χ0) is 12.5. The minimum absolute atomic E-state index is 0.253. The van der Waals surface area contributed by atoms with Crippen molar-refractivity contribution in [2.75, 3.05) is 13.1 Å². The first-order chi connectivity index (χ1) is 7.99. The van der Waals surface area contributed by atoms with Crippen molar-refractivity contribution in [1.29, 1.82) is 0 Å². The summed E-state index contributed by atoms with van der Waals surface area (Å²) in [4.78, 5) is 13.6. The summed E-state index contributed by atoms with van der Waals surface area (Å²) in [6, 6.07) is 8.50. The Hall–Kier alpha value is -0.860. The smallest absolute Gasteiger partial charge is 0.228 e. The third kappa shape index (κ3) is 2.88. The van der Waals surface area contributed by atoms with Crippen LogP contribution in [0.15, 0.2) is 24.3 Å². The van der Waals surface area contributed by atoms with Gasteiger partial charge in [0.05, 0.1) is 5.41 Å². The Morgan fingerprint density at radius 2 is 2.00 bits per heavy atom. The van der Waals surface area contributed by atoms with Crippen molar-refractivity contribution in [2.24, 2.45) is 5.41 Å². The highest BCUT2D eigenvalue weighted by Crippen LogP contribution is 2.25. The monoisotopic (exact) mass is 251 g/mol. The number of nitrogens with zero attached hydrogens (tertiary/aromatic N) is 1. The molecule has 1 aromatic carbocycles. The van der Waals surface area contributed by atoms with Gasteiger partial charge in [-0.1, -0.05) is 38.1 Å². The topological polar surface area (TPSA) is 20.3 Å². The van der Waals surface area contributed by atoms with Crippen molar-refractivity contribution >= 4 is 16.8 Å². The van der Waals surface area contributed by atoms with Crippen molar-refractivity contribution in [3.05, 3.63) is 35.4 Å². The predicted molar refractivity (Wildman–Crippen MR) is 70.1 cm³/mol. The number of carbonyl (C=O) groups excluding carboxylic acids is 1. The lowest BCUT2D eigenvalue weighted by molar-refractivity contribution is -0.120. The maximum Gasteiger partial charge on any atom is 0.228 e. The molecular formula is C14H18ClNO. The van der Waals surface area contributed by atoms with E-state index in [2.05, 4.69) is 29.2 Å². The van der Waals surface area contributed by atoms with Gasteiger partial charge in [-0.2, -0.15) is 0 Å². The van der Waals surface area contributed by atoms with Crippen LogP contribution in [-0.4, -0.2) is 23.2 Å². The fourth-order valence-electron chi connectivity index (χ4n) is 2.31. The molecule has 0 unspecified atom stereocenters. The van der Waals surface area contributed by atoms with Crippen molar-refractivity contribution in [3.8, 4) is 0 Å². The summed E-state index contributed by atoms with van der Waals surface area (Å²) in [5.41, 5.74) is 2.34. The van der Waals surface area contributed by atoms with Crippen LogP contribution in [0.1, 0.15) is 25.0 Å². The summed E-state index contributed by atoms with van der Waals surface area (Å²) < 4.78 is 0. The van der Waals surface area contributed by atoms with Crippen LogP contribution in [0.25, 0.3) is 0 Å². The van der Waals surface area contributed by atoms with Gasteiger partial charge in [-0.25, -0.2) is 0 Å². The Bertz CT molecular complexity index is 428. The lowest BCUT2D eigenvalue weighted by Gasteiger charge is -2.33. The Labute approximate surface area is 108 Å². The van der Waals surface area contributed by atoms with Gasteiger partial charge in [0.15, 0.2) is 0 Å². The minimum Gasteiger partial charge on any atom is -0.298 e. The summed E-state index contributed by atoms with van der Waals surface area (Å²) >= 11 is 5.62. The minimum atomic E-state index is -0.464. The first-order valence-electron chi connectivity index (χ1n) is 5.98. The summed E-state index contributed by atoms with van der Waals surface area (Å²) in [7, 11) is 0. The molecule has 1 aromatic rings. The van der Waals surface area contributed by atoms with E-state index < -0.39 is 5.41 Å². The Morgan fingerprint density at radius 3 is 2.65 bits per heavy atom. The Morgan fingerprint density at radius 1 is 1.35 bits per heavy atom. The van der Waals surface area contributed by atoms with Crippen LogP contribution < -0.4 is 0 Å². The lowest BCUT2D eigenvalue weighted by atomic mass is 9.92. The molecule has 0 saturated heterocycles. The van der Waals surface area contributed by atoms with E-state index in [-0.39, 0.29) is 5.24 Å². The molecule has 2 nitrogen and oxygen atoms in total.